The second-order valence-electron chi connectivity index (χ2n) is 10.7. The maximum Gasteiger partial charge on any atom is 0.240 e. The fraction of sp³-hybridized carbons (Fsp3) is 0.323. The second-order valence-corrected chi connectivity index (χ2v) is 12.4. The molecule has 4 N–H and O–H groups in total. The summed E-state index contributed by atoms with van der Waals surface area (Å²) in [6, 6.07) is 22.7. The van der Waals surface area contributed by atoms with E-state index in [9.17, 15) is 13.5 Å². The van der Waals surface area contributed by atoms with E-state index in [-0.39, 0.29) is 16.8 Å². The van der Waals surface area contributed by atoms with Gasteiger partial charge in [0, 0.05) is 29.1 Å². The largest absolute Gasteiger partial charge is 0.494 e. The van der Waals surface area contributed by atoms with Crippen molar-refractivity contribution in [3.63, 3.8) is 0 Å². The lowest BCUT2D eigenvalue weighted by Gasteiger charge is -2.23. The number of fused-ring (bicyclic) bond motifs is 1. The highest BCUT2D eigenvalue weighted by Crippen LogP contribution is 2.33. The van der Waals surface area contributed by atoms with Crippen LogP contribution in [0.25, 0.3) is 10.9 Å². The number of aromatic hydroxyl groups is 1. The predicted molar refractivity (Wildman–Crippen MR) is 159 cm³/mol. The highest BCUT2D eigenvalue weighted by molar-refractivity contribution is 7.89. The van der Waals surface area contributed by atoms with Crippen molar-refractivity contribution in [1.82, 2.24) is 19.9 Å². The van der Waals surface area contributed by atoms with E-state index in [2.05, 4.69) is 32.1 Å². The molecular formula is C31H35N5O3S. The summed E-state index contributed by atoms with van der Waals surface area (Å²) in [7, 11) is -3.74. The van der Waals surface area contributed by atoms with Gasteiger partial charge in [-0.05, 0) is 87.8 Å². The van der Waals surface area contributed by atoms with E-state index in [0.717, 1.165) is 56.8 Å². The van der Waals surface area contributed by atoms with Gasteiger partial charge in [-0.25, -0.2) is 18.1 Å². The van der Waals surface area contributed by atoms with Gasteiger partial charge < -0.3 is 15.4 Å². The molecule has 1 aromatic heterocycles. The number of aromatic nitrogens is 1. The van der Waals surface area contributed by atoms with Crippen LogP contribution >= 0.6 is 0 Å². The van der Waals surface area contributed by atoms with Crippen LogP contribution in [0.1, 0.15) is 42.4 Å². The van der Waals surface area contributed by atoms with Gasteiger partial charge in [0.2, 0.25) is 10.0 Å². The van der Waals surface area contributed by atoms with Gasteiger partial charge in [-0.3, -0.25) is 4.90 Å². The number of piperidine rings is 1. The molecule has 2 aliphatic rings. The lowest BCUT2D eigenvalue weighted by molar-refractivity contribution is 0.331. The highest BCUT2D eigenvalue weighted by atomic mass is 32.2. The molecule has 4 aromatic rings. The van der Waals surface area contributed by atoms with Gasteiger partial charge in [0.15, 0.2) is 5.88 Å². The molecule has 0 radical (unpaired) electrons. The summed E-state index contributed by atoms with van der Waals surface area (Å²) in [5.74, 6) is -0.0517. The molecule has 0 spiro atoms. The Balaban J connectivity index is 1.38. The van der Waals surface area contributed by atoms with Crippen LogP contribution < -0.4 is 10.0 Å². The molecule has 9 heteroatoms. The van der Waals surface area contributed by atoms with Crippen molar-refractivity contribution in [1.29, 1.82) is 0 Å². The number of H-pyrrole nitrogens is 1. The van der Waals surface area contributed by atoms with E-state index < -0.39 is 10.0 Å². The lowest BCUT2D eigenvalue weighted by Crippen LogP contribution is -2.42. The minimum Gasteiger partial charge on any atom is -0.494 e. The Morgan fingerprint density at radius 1 is 0.975 bits per heavy atom. The average Bonchev–Trinajstić information content (AvgIpc) is 3.60. The van der Waals surface area contributed by atoms with Crippen LogP contribution in [0.2, 0.25) is 0 Å². The summed E-state index contributed by atoms with van der Waals surface area (Å²) in [4.78, 5) is 10.6. The first kappa shape index (κ1) is 26.7. The normalized spacial score (nSPS) is 17.6. The summed E-state index contributed by atoms with van der Waals surface area (Å²) in [6.45, 7) is 4.80. The maximum atomic E-state index is 13.3. The summed E-state index contributed by atoms with van der Waals surface area (Å²) in [6.07, 6.45) is 4.01. The zero-order valence-corrected chi connectivity index (χ0v) is 23.3. The molecule has 3 heterocycles. The molecule has 0 atom stereocenters. The Bertz CT molecular complexity index is 1600. The monoisotopic (exact) mass is 557 g/mol. The SMILES string of the molecule is O=S(=O)(NC1CCNCC1)c1ccc2[nH]c(O)c(C(=Nc3ccc(CN4CCCC4)cc3)c3ccccc3)c2c1. The van der Waals surface area contributed by atoms with Crippen molar-refractivity contribution in [2.24, 2.45) is 4.99 Å². The van der Waals surface area contributed by atoms with Gasteiger partial charge in [0.25, 0.3) is 0 Å². The molecule has 8 nitrogen and oxygen atoms in total. The first-order valence-corrected chi connectivity index (χ1v) is 15.5. The summed E-state index contributed by atoms with van der Waals surface area (Å²) in [5, 5.41) is 14.9. The number of nitrogens with one attached hydrogen (secondary N) is 3. The molecule has 2 saturated heterocycles. The Labute approximate surface area is 235 Å². The summed E-state index contributed by atoms with van der Waals surface area (Å²) in [5.41, 5.74) is 4.50. The fourth-order valence-corrected chi connectivity index (χ4v) is 6.99. The first-order chi connectivity index (χ1) is 19.5. The average molecular weight is 558 g/mol. The van der Waals surface area contributed by atoms with Crippen molar-refractivity contribution in [2.75, 3.05) is 26.2 Å². The smallest absolute Gasteiger partial charge is 0.240 e. The van der Waals surface area contributed by atoms with Crippen molar-refractivity contribution in [3.8, 4) is 5.88 Å². The van der Waals surface area contributed by atoms with E-state index in [1.165, 1.54) is 18.4 Å². The molecule has 0 unspecified atom stereocenters. The number of aromatic amines is 1. The summed E-state index contributed by atoms with van der Waals surface area (Å²) < 4.78 is 29.5. The molecule has 2 aliphatic heterocycles. The third-order valence-electron chi connectivity index (χ3n) is 7.79. The standard InChI is InChI=1S/C31H35N5O3S/c37-31-29(27-20-26(12-13-28(27)34-31)40(38,39)35-25-14-16-32-17-15-25)30(23-6-2-1-3-7-23)33-24-10-8-22(9-11-24)21-36-18-4-5-19-36/h1-3,6-13,20,25,32,34-35,37H,4-5,14-19,21H2. The number of aliphatic imine (C=N–C) groups is 1. The van der Waals surface area contributed by atoms with Gasteiger partial charge in [-0.2, -0.15) is 0 Å². The zero-order valence-electron chi connectivity index (χ0n) is 22.4. The molecule has 0 aliphatic carbocycles. The third-order valence-corrected chi connectivity index (χ3v) is 9.31. The molecule has 0 bridgehead atoms. The topological polar surface area (TPSA) is 110 Å². The Morgan fingerprint density at radius 2 is 1.70 bits per heavy atom. The van der Waals surface area contributed by atoms with Gasteiger partial charge >= 0.3 is 0 Å². The van der Waals surface area contributed by atoms with Crippen LogP contribution in [0, 0.1) is 0 Å². The first-order valence-electron chi connectivity index (χ1n) is 14.0. The predicted octanol–water partition coefficient (Wildman–Crippen LogP) is 4.67. The molecule has 208 valence electrons. The van der Waals surface area contributed by atoms with Crippen molar-refractivity contribution in [2.45, 2.75) is 43.2 Å². The maximum absolute atomic E-state index is 13.3. The van der Waals surface area contributed by atoms with E-state index in [1.54, 1.807) is 18.2 Å². The number of nitrogens with zero attached hydrogens (tertiary/aromatic N) is 2. The number of sulfonamides is 1. The minimum atomic E-state index is -3.74. The number of hydrogen-bond acceptors (Lipinski definition) is 6. The Morgan fingerprint density at radius 3 is 2.42 bits per heavy atom. The van der Waals surface area contributed by atoms with Crippen LogP contribution in [0.5, 0.6) is 5.88 Å². The zero-order chi connectivity index (χ0) is 27.5. The fourth-order valence-electron chi connectivity index (χ4n) is 5.66. The van der Waals surface area contributed by atoms with Crippen molar-refractivity contribution in [3.05, 3.63) is 89.5 Å². The van der Waals surface area contributed by atoms with E-state index in [0.29, 0.717) is 22.2 Å². The van der Waals surface area contributed by atoms with Crippen LogP contribution in [0.4, 0.5) is 5.69 Å². The Hall–Kier alpha value is -3.50. The number of hydrogen-bond donors (Lipinski definition) is 4. The van der Waals surface area contributed by atoms with E-state index >= 15 is 0 Å². The molecule has 0 saturated carbocycles. The minimum absolute atomic E-state index is 0.0517. The quantitative estimate of drug-likeness (QED) is 0.236. The van der Waals surface area contributed by atoms with Gasteiger partial charge in [0.05, 0.1) is 21.9 Å². The van der Waals surface area contributed by atoms with Crippen LogP contribution in [0.15, 0.2) is 82.7 Å². The third kappa shape index (κ3) is 5.83. The Kier molecular flexibility index (Phi) is 7.71. The highest BCUT2D eigenvalue weighted by Gasteiger charge is 2.25. The molecule has 2 fully saturated rings. The lowest BCUT2D eigenvalue weighted by atomic mass is 10.0. The number of benzene rings is 3. The van der Waals surface area contributed by atoms with Gasteiger partial charge in [0.1, 0.15) is 0 Å². The molecular weight excluding hydrogens is 522 g/mol. The second kappa shape index (κ2) is 11.5. The van der Waals surface area contributed by atoms with E-state index in [4.69, 9.17) is 4.99 Å². The molecule has 40 heavy (non-hydrogen) atoms. The van der Waals surface area contributed by atoms with Crippen molar-refractivity contribution < 1.29 is 13.5 Å². The number of rotatable bonds is 8. The van der Waals surface area contributed by atoms with Gasteiger partial charge in [-0.15, -0.1) is 0 Å². The molecule has 6 rings (SSSR count). The molecule has 3 aromatic carbocycles. The molecule has 0 amide bonds. The van der Waals surface area contributed by atoms with Gasteiger partial charge in [-0.1, -0.05) is 42.5 Å². The van der Waals surface area contributed by atoms with Crippen LogP contribution in [-0.2, 0) is 16.6 Å². The van der Waals surface area contributed by atoms with Crippen molar-refractivity contribution >= 4 is 32.3 Å². The number of likely N-dealkylation sites (tertiary alicyclic amines) is 1. The van der Waals surface area contributed by atoms with E-state index in [1.807, 2.05) is 42.5 Å². The van der Waals surface area contributed by atoms with Crippen LogP contribution in [0.3, 0.4) is 0 Å². The van der Waals surface area contributed by atoms with Crippen LogP contribution in [-0.4, -0.2) is 61.3 Å². The summed E-state index contributed by atoms with van der Waals surface area (Å²) >= 11 is 0.